The number of unbranched alkanes of at least 4 members (excludes halogenated alkanes) is 1. The monoisotopic (exact) mass is 178 g/mol. The van der Waals surface area contributed by atoms with Crippen molar-refractivity contribution in [2.24, 2.45) is 0 Å². The van der Waals surface area contributed by atoms with E-state index in [9.17, 15) is 9.59 Å². The zero-order valence-corrected chi connectivity index (χ0v) is 7.31. The molecule has 0 aliphatic rings. The van der Waals surface area contributed by atoms with Crippen molar-refractivity contribution in [3.05, 3.63) is 32.6 Å². The van der Waals surface area contributed by atoms with E-state index < -0.39 is 11.2 Å². The summed E-state index contributed by atoms with van der Waals surface area (Å²) in [5.41, 5.74) is -0.647. The van der Waals surface area contributed by atoms with Gasteiger partial charge in [0, 0.05) is 12.6 Å². The summed E-state index contributed by atoms with van der Waals surface area (Å²) >= 11 is 0. The van der Waals surface area contributed by atoms with Gasteiger partial charge in [0.25, 0.3) is 5.56 Å². The topological polar surface area (TPSA) is 65.7 Å². The Morgan fingerprint density at radius 2 is 2.23 bits per heavy atom. The number of H-pyrrole nitrogens is 2. The summed E-state index contributed by atoms with van der Waals surface area (Å²) in [4.78, 5) is 26.1. The van der Waals surface area contributed by atoms with E-state index >= 15 is 0 Å². The number of nitrogens with one attached hydrogen (secondary N) is 2. The standard InChI is InChI=1S/C9H10N2O2/c1-2-3-4-5-7-6-10-9(13)11-8(7)12/h6H,2-3H2,1H3,(H2,10,11,12,13). The summed E-state index contributed by atoms with van der Waals surface area (Å²) in [6, 6.07) is 0. The van der Waals surface area contributed by atoms with E-state index in [1.54, 1.807) is 0 Å². The Bertz CT molecular complexity index is 445. The van der Waals surface area contributed by atoms with Gasteiger partial charge in [-0.2, -0.15) is 0 Å². The Morgan fingerprint density at radius 1 is 1.46 bits per heavy atom. The second-order valence-corrected chi connectivity index (χ2v) is 2.54. The molecule has 1 heterocycles. The van der Waals surface area contributed by atoms with Crippen molar-refractivity contribution in [1.82, 2.24) is 9.97 Å². The van der Waals surface area contributed by atoms with Crippen LogP contribution in [0.4, 0.5) is 0 Å². The van der Waals surface area contributed by atoms with Gasteiger partial charge in [-0.05, 0) is 6.42 Å². The molecule has 1 rings (SSSR count). The molecule has 0 aromatic carbocycles. The maximum atomic E-state index is 11.1. The van der Waals surface area contributed by atoms with Gasteiger partial charge in [0.05, 0.1) is 0 Å². The molecule has 4 nitrogen and oxygen atoms in total. The lowest BCUT2D eigenvalue weighted by Gasteiger charge is -1.86. The van der Waals surface area contributed by atoms with Crippen LogP contribution in [0.3, 0.4) is 0 Å². The third-order valence-corrected chi connectivity index (χ3v) is 1.42. The van der Waals surface area contributed by atoms with E-state index in [1.807, 2.05) is 6.92 Å². The summed E-state index contributed by atoms with van der Waals surface area (Å²) in [5, 5.41) is 0. The van der Waals surface area contributed by atoms with E-state index in [1.165, 1.54) is 6.20 Å². The predicted octanol–water partition coefficient (Wildman–Crippen LogP) is 0.215. The van der Waals surface area contributed by atoms with Crippen LogP contribution in [0.5, 0.6) is 0 Å². The fourth-order valence-electron chi connectivity index (χ4n) is 0.785. The quantitative estimate of drug-likeness (QED) is 0.604. The van der Waals surface area contributed by atoms with Gasteiger partial charge in [-0.15, -0.1) is 0 Å². The lowest BCUT2D eigenvalue weighted by atomic mass is 10.3. The Labute approximate surface area is 75.0 Å². The Morgan fingerprint density at radius 3 is 2.85 bits per heavy atom. The van der Waals surface area contributed by atoms with Gasteiger partial charge >= 0.3 is 5.69 Å². The average Bonchev–Trinajstić information content (AvgIpc) is 2.09. The molecule has 0 radical (unpaired) electrons. The molecule has 0 spiro atoms. The van der Waals surface area contributed by atoms with Crippen molar-refractivity contribution in [2.75, 3.05) is 0 Å². The fraction of sp³-hybridized carbons (Fsp3) is 0.333. The SMILES string of the molecule is CCCC#Cc1c[nH]c(=O)[nH]c1=O. The zero-order valence-electron chi connectivity index (χ0n) is 7.31. The molecule has 68 valence electrons. The van der Waals surface area contributed by atoms with Gasteiger partial charge < -0.3 is 4.98 Å². The largest absolute Gasteiger partial charge is 0.325 e. The van der Waals surface area contributed by atoms with Gasteiger partial charge in [-0.25, -0.2) is 4.79 Å². The van der Waals surface area contributed by atoms with Crippen LogP contribution >= 0.6 is 0 Å². The third-order valence-electron chi connectivity index (χ3n) is 1.42. The molecule has 1 aromatic heterocycles. The minimum absolute atomic E-state index is 0.299. The molecule has 0 aliphatic carbocycles. The average molecular weight is 178 g/mol. The second-order valence-electron chi connectivity index (χ2n) is 2.54. The molecule has 0 atom stereocenters. The summed E-state index contributed by atoms with van der Waals surface area (Å²) < 4.78 is 0. The van der Waals surface area contributed by atoms with Crippen LogP contribution in [-0.2, 0) is 0 Å². The first kappa shape index (κ1) is 9.33. The van der Waals surface area contributed by atoms with Crippen molar-refractivity contribution in [3.63, 3.8) is 0 Å². The normalized spacial score (nSPS) is 9.00. The van der Waals surface area contributed by atoms with Gasteiger partial charge in [-0.1, -0.05) is 18.8 Å². The number of rotatable bonds is 1. The van der Waals surface area contributed by atoms with E-state index in [4.69, 9.17) is 0 Å². The lowest BCUT2D eigenvalue weighted by Crippen LogP contribution is -2.23. The fourth-order valence-corrected chi connectivity index (χ4v) is 0.785. The van der Waals surface area contributed by atoms with Gasteiger partial charge in [0.2, 0.25) is 0 Å². The number of aromatic nitrogens is 2. The van der Waals surface area contributed by atoms with E-state index in [0.717, 1.165) is 12.8 Å². The number of aromatic amines is 2. The molecule has 0 saturated carbocycles. The van der Waals surface area contributed by atoms with Crippen LogP contribution in [0.15, 0.2) is 15.8 Å². The highest BCUT2D eigenvalue weighted by atomic mass is 16.2. The van der Waals surface area contributed by atoms with Crippen molar-refractivity contribution < 1.29 is 0 Å². The van der Waals surface area contributed by atoms with Gasteiger partial charge in [0.15, 0.2) is 0 Å². The number of hydrogen-bond acceptors (Lipinski definition) is 2. The first-order valence-corrected chi connectivity index (χ1v) is 4.05. The molecule has 1 aromatic rings. The molecule has 0 saturated heterocycles. The van der Waals surface area contributed by atoms with Crippen LogP contribution in [0.25, 0.3) is 0 Å². The molecule has 0 bridgehead atoms. The van der Waals surface area contributed by atoms with E-state index in [0.29, 0.717) is 5.56 Å². The predicted molar refractivity (Wildman–Crippen MR) is 49.5 cm³/mol. The molecular formula is C9H10N2O2. The van der Waals surface area contributed by atoms with Crippen molar-refractivity contribution in [3.8, 4) is 11.8 Å². The molecule has 0 unspecified atom stereocenters. The van der Waals surface area contributed by atoms with Crippen molar-refractivity contribution >= 4 is 0 Å². The molecule has 2 N–H and O–H groups in total. The molecule has 0 aliphatic heterocycles. The molecule has 0 amide bonds. The van der Waals surface area contributed by atoms with Crippen LogP contribution in [-0.4, -0.2) is 9.97 Å². The Kier molecular flexibility index (Phi) is 3.09. The lowest BCUT2D eigenvalue weighted by molar-refractivity contribution is 0.981. The molecule has 0 fully saturated rings. The third kappa shape index (κ3) is 2.64. The highest BCUT2D eigenvalue weighted by molar-refractivity contribution is 5.28. The summed E-state index contributed by atoms with van der Waals surface area (Å²) in [6.07, 6.45) is 3.02. The van der Waals surface area contributed by atoms with Crippen LogP contribution < -0.4 is 11.2 Å². The van der Waals surface area contributed by atoms with Gasteiger partial charge in [-0.3, -0.25) is 9.78 Å². The smallest absolute Gasteiger partial charge is 0.313 e. The molecule has 13 heavy (non-hydrogen) atoms. The first-order chi connectivity index (χ1) is 6.24. The molecular weight excluding hydrogens is 168 g/mol. The molecule has 4 heteroatoms. The maximum absolute atomic E-state index is 11.1. The van der Waals surface area contributed by atoms with Crippen LogP contribution in [0.2, 0.25) is 0 Å². The minimum Gasteiger partial charge on any atom is -0.313 e. The number of hydrogen-bond donors (Lipinski definition) is 2. The maximum Gasteiger partial charge on any atom is 0.325 e. The van der Waals surface area contributed by atoms with E-state index in [2.05, 4.69) is 21.8 Å². The highest BCUT2D eigenvalue weighted by Crippen LogP contribution is 1.84. The summed E-state index contributed by atoms with van der Waals surface area (Å²) in [7, 11) is 0. The zero-order chi connectivity index (χ0) is 9.68. The first-order valence-electron chi connectivity index (χ1n) is 4.05. The van der Waals surface area contributed by atoms with Crippen LogP contribution in [0.1, 0.15) is 25.3 Å². The summed E-state index contributed by atoms with van der Waals surface area (Å²) in [5.74, 6) is 5.50. The summed E-state index contributed by atoms with van der Waals surface area (Å²) in [6.45, 7) is 2.01. The second kappa shape index (κ2) is 4.31. The highest BCUT2D eigenvalue weighted by Gasteiger charge is 1.93. The van der Waals surface area contributed by atoms with E-state index in [-0.39, 0.29) is 0 Å². The Balaban J connectivity index is 2.99. The van der Waals surface area contributed by atoms with Crippen molar-refractivity contribution in [2.45, 2.75) is 19.8 Å². The van der Waals surface area contributed by atoms with Gasteiger partial charge in [0.1, 0.15) is 5.56 Å². The van der Waals surface area contributed by atoms with Crippen LogP contribution in [0, 0.1) is 11.8 Å². The van der Waals surface area contributed by atoms with Crippen molar-refractivity contribution in [1.29, 1.82) is 0 Å². The Hall–Kier alpha value is -1.76. The minimum atomic E-state index is -0.508.